The third kappa shape index (κ3) is 3.52. The van der Waals surface area contributed by atoms with Crippen LogP contribution in [0, 0.1) is 0 Å². The van der Waals surface area contributed by atoms with Crippen molar-refractivity contribution < 1.29 is 14.4 Å². The van der Waals surface area contributed by atoms with Crippen LogP contribution in [0.15, 0.2) is 35.5 Å². The van der Waals surface area contributed by atoms with E-state index in [2.05, 4.69) is 10.5 Å². The molecular formula is C17H21N3O3. The summed E-state index contributed by atoms with van der Waals surface area (Å²) in [5, 5.41) is 6.70. The first-order valence-corrected chi connectivity index (χ1v) is 8.03. The molecule has 122 valence electrons. The van der Waals surface area contributed by atoms with Crippen LogP contribution in [0.2, 0.25) is 0 Å². The van der Waals surface area contributed by atoms with Crippen molar-refractivity contribution in [2.24, 2.45) is 5.16 Å². The van der Waals surface area contributed by atoms with E-state index < -0.39 is 6.04 Å². The van der Waals surface area contributed by atoms with Gasteiger partial charge < -0.3 is 15.1 Å². The second kappa shape index (κ2) is 6.81. The number of hydrogen-bond donors (Lipinski definition) is 1. The maximum absolute atomic E-state index is 12.8. The first-order chi connectivity index (χ1) is 11.1. The maximum Gasteiger partial charge on any atom is 0.252 e. The Bertz CT molecular complexity index is 615. The molecule has 6 heteroatoms. The lowest BCUT2D eigenvalue weighted by Gasteiger charge is -2.34. The average Bonchev–Trinajstić information content (AvgIpc) is 2.95. The van der Waals surface area contributed by atoms with Gasteiger partial charge >= 0.3 is 0 Å². The number of amidine groups is 1. The SMILES string of the molecule is C[C@@H]1CC(NC(=O)[C@H](c2ccccc2)N2CCCCC2=O)=NO1. The Hall–Kier alpha value is -2.37. The fourth-order valence-corrected chi connectivity index (χ4v) is 2.99. The lowest BCUT2D eigenvalue weighted by Crippen LogP contribution is -2.47. The number of nitrogens with zero attached hydrogens (tertiary/aromatic N) is 2. The molecule has 2 aliphatic rings. The zero-order valence-corrected chi connectivity index (χ0v) is 13.2. The molecule has 23 heavy (non-hydrogen) atoms. The number of carbonyl (C=O) groups is 2. The molecule has 6 nitrogen and oxygen atoms in total. The first kappa shape index (κ1) is 15.5. The Morgan fingerprint density at radius 2 is 2.13 bits per heavy atom. The van der Waals surface area contributed by atoms with Crippen LogP contribution >= 0.6 is 0 Å². The van der Waals surface area contributed by atoms with Gasteiger partial charge in [0, 0.05) is 19.4 Å². The quantitative estimate of drug-likeness (QED) is 0.927. The summed E-state index contributed by atoms with van der Waals surface area (Å²) >= 11 is 0. The normalized spacial score (nSPS) is 22.3. The molecule has 0 bridgehead atoms. The van der Waals surface area contributed by atoms with Crippen LogP contribution in [0.4, 0.5) is 0 Å². The summed E-state index contributed by atoms with van der Waals surface area (Å²) in [7, 11) is 0. The molecule has 1 aromatic carbocycles. The van der Waals surface area contributed by atoms with E-state index in [4.69, 9.17) is 4.84 Å². The summed E-state index contributed by atoms with van der Waals surface area (Å²) in [5.41, 5.74) is 0.813. The predicted octanol–water partition coefficient (Wildman–Crippen LogP) is 1.98. The molecule has 0 saturated carbocycles. The highest BCUT2D eigenvalue weighted by atomic mass is 16.6. The van der Waals surface area contributed by atoms with Gasteiger partial charge in [0.05, 0.1) is 0 Å². The van der Waals surface area contributed by atoms with E-state index in [1.165, 1.54) is 0 Å². The van der Waals surface area contributed by atoms with Crippen LogP contribution in [0.25, 0.3) is 0 Å². The van der Waals surface area contributed by atoms with Crippen molar-refractivity contribution in [1.82, 2.24) is 10.2 Å². The van der Waals surface area contributed by atoms with Crippen molar-refractivity contribution >= 4 is 17.6 Å². The Labute approximate surface area is 135 Å². The fraction of sp³-hybridized carbons (Fsp3) is 0.471. The van der Waals surface area contributed by atoms with Crippen LogP contribution in [-0.2, 0) is 14.4 Å². The van der Waals surface area contributed by atoms with Gasteiger partial charge in [-0.2, -0.15) is 0 Å². The van der Waals surface area contributed by atoms with Gasteiger partial charge in [0.15, 0.2) is 5.84 Å². The largest absolute Gasteiger partial charge is 0.391 e. The predicted molar refractivity (Wildman–Crippen MR) is 85.5 cm³/mol. The van der Waals surface area contributed by atoms with Gasteiger partial charge in [-0.25, -0.2) is 0 Å². The van der Waals surface area contributed by atoms with Crippen molar-refractivity contribution in [2.75, 3.05) is 6.54 Å². The van der Waals surface area contributed by atoms with Crippen molar-refractivity contribution in [2.45, 2.75) is 44.8 Å². The van der Waals surface area contributed by atoms with Gasteiger partial charge in [0.2, 0.25) is 5.91 Å². The van der Waals surface area contributed by atoms with Gasteiger partial charge in [-0.3, -0.25) is 9.59 Å². The summed E-state index contributed by atoms with van der Waals surface area (Å²) in [5.74, 6) is 0.314. The molecule has 2 atom stereocenters. The number of nitrogens with one attached hydrogen (secondary N) is 1. The zero-order chi connectivity index (χ0) is 16.2. The highest BCUT2D eigenvalue weighted by Gasteiger charge is 2.33. The number of amides is 2. The maximum atomic E-state index is 12.8. The van der Waals surface area contributed by atoms with Crippen molar-refractivity contribution in [1.29, 1.82) is 0 Å². The summed E-state index contributed by atoms with van der Waals surface area (Å²) in [4.78, 5) is 31.9. The fourth-order valence-electron chi connectivity index (χ4n) is 2.99. The molecule has 1 N–H and O–H groups in total. The van der Waals surface area contributed by atoms with Crippen molar-refractivity contribution in [3.63, 3.8) is 0 Å². The van der Waals surface area contributed by atoms with Crippen molar-refractivity contribution in [3.8, 4) is 0 Å². The number of carbonyl (C=O) groups excluding carboxylic acids is 2. The van der Waals surface area contributed by atoms with E-state index in [0.29, 0.717) is 25.2 Å². The van der Waals surface area contributed by atoms with E-state index in [-0.39, 0.29) is 17.9 Å². The molecule has 2 amide bonds. The smallest absolute Gasteiger partial charge is 0.252 e. The molecule has 3 rings (SSSR count). The molecule has 2 heterocycles. The average molecular weight is 315 g/mol. The summed E-state index contributed by atoms with van der Waals surface area (Å²) < 4.78 is 0. The molecule has 1 saturated heterocycles. The Morgan fingerprint density at radius 1 is 1.35 bits per heavy atom. The van der Waals surface area contributed by atoms with Crippen LogP contribution in [0.5, 0.6) is 0 Å². The van der Waals surface area contributed by atoms with Crippen LogP contribution in [0.3, 0.4) is 0 Å². The highest BCUT2D eigenvalue weighted by molar-refractivity contribution is 6.02. The molecule has 0 spiro atoms. The second-order valence-corrected chi connectivity index (χ2v) is 6.00. The highest BCUT2D eigenvalue weighted by Crippen LogP contribution is 2.26. The van der Waals surface area contributed by atoms with Gasteiger partial charge in [0.25, 0.3) is 5.91 Å². The number of oxime groups is 1. The second-order valence-electron chi connectivity index (χ2n) is 6.00. The monoisotopic (exact) mass is 315 g/mol. The summed E-state index contributed by atoms with van der Waals surface area (Å²) in [6.45, 7) is 2.50. The molecule has 0 aliphatic carbocycles. The van der Waals surface area contributed by atoms with Crippen LogP contribution < -0.4 is 5.32 Å². The number of rotatable bonds is 3. The molecule has 2 aliphatic heterocycles. The third-order valence-corrected chi connectivity index (χ3v) is 4.13. The Kier molecular flexibility index (Phi) is 4.60. The van der Waals surface area contributed by atoms with Gasteiger partial charge in [-0.05, 0) is 25.3 Å². The topological polar surface area (TPSA) is 71.0 Å². The zero-order valence-electron chi connectivity index (χ0n) is 13.2. The molecule has 0 radical (unpaired) electrons. The van der Waals surface area contributed by atoms with Gasteiger partial charge in [0.1, 0.15) is 12.1 Å². The summed E-state index contributed by atoms with van der Waals surface area (Å²) in [6, 6.07) is 8.78. The Morgan fingerprint density at radius 3 is 2.78 bits per heavy atom. The lowest BCUT2D eigenvalue weighted by atomic mass is 10.0. The number of likely N-dealkylation sites (tertiary alicyclic amines) is 1. The number of benzene rings is 1. The minimum Gasteiger partial charge on any atom is -0.391 e. The van der Waals surface area contributed by atoms with E-state index >= 15 is 0 Å². The van der Waals surface area contributed by atoms with E-state index in [1.807, 2.05) is 37.3 Å². The molecule has 0 aromatic heterocycles. The summed E-state index contributed by atoms with van der Waals surface area (Å²) in [6.07, 6.45) is 2.84. The van der Waals surface area contributed by atoms with Crippen molar-refractivity contribution in [3.05, 3.63) is 35.9 Å². The first-order valence-electron chi connectivity index (χ1n) is 8.03. The van der Waals surface area contributed by atoms with E-state index in [9.17, 15) is 9.59 Å². The van der Waals surface area contributed by atoms with Crippen LogP contribution in [-0.4, -0.2) is 35.2 Å². The van der Waals surface area contributed by atoms with E-state index in [0.717, 1.165) is 18.4 Å². The molecule has 0 unspecified atom stereocenters. The minimum absolute atomic E-state index is 0.0261. The Balaban J connectivity index is 1.82. The number of hydrogen-bond acceptors (Lipinski definition) is 4. The van der Waals surface area contributed by atoms with Gasteiger partial charge in [-0.1, -0.05) is 35.5 Å². The van der Waals surface area contributed by atoms with Gasteiger partial charge in [-0.15, -0.1) is 0 Å². The molecule has 1 fully saturated rings. The standard InChI is InChI=1S/C17H21N3O3/c1-12-11-14(19-23-12)18-17(22)16(13-7-3-2-4-8-13)20-10-6-5-9-15(20)21/h2-4,7-8,12,16H,5-6,9-11H2,1H3,(H,18,19,22)/t12-,16+/m1/s1. The number of piperidine rings is 1. The van der Waals surface area contributed by atoms with E-state index in [1.54, 1.807) is 4.90 Å². The lowest BCUT2D eigenvalue weighted by molar-refractivity contribution is -0.142. The molecule has 1 aromatic rings. The minimum atomic E-state index is -0.623. The van der Waals surface area contributed by atoms with Crippen LogP contribution in [0.1, 0.15) is 44.2 Å². The third-order valence-electron chi connectivity index (χ3n) is 4.13. The molecular weight excluding hydrogens is 294 g/mol.